The average molecular weight is 255 g/mol. The summed E-state index contributed by atoms with van der Waals surface area (Å²) < 4.78 is 1.33. The third-order valence-corrected chi connectivity index (χ3v) is 4.28. The lowest BCUT2D eigenvalue weighted by Crippen LogP contribution is -2.24. The first-order valence-electron chi connectivity index (χ1n) is 4.34. The van der Waals surface area contributed by atoms with Gasteiger partial charge >= 0.3 is 0 Å². The van der Waals surface area contributed by atoms with Gasteiger partial charge in [-0.3, -0.25) is 0 Å². The highest BCUT2D eigenvalue weighted by Gasteiger charge is 2.25. The second-order valence-electron chi connectivity index (χ2n) is 3.88. The fourth-order valence-corrected chi connectivity index (χ4v) is 4.34. The summed E-state index contributed by atoms with van der Waals surface area (Å²) in [6.45, 7) is 4.52. The van der Waals surface area contributed by atoms with Crippen LogP contribution >= 0.6 is 24.5 Å². The zero-order valence-electron chi connectivity index (χ0n) is 7.76. The standard InChI is InChI=1S/C11H12BrP/c1-11(2)7-10(12)13-9-6-4-3-5-8(9)11/h3-7,13H,1-2H3. The van der Waals surface area contributed by atoms with E-state index in [4.69, 9.17) is 0 Å². The third kappa shape index (κ3) is 1.73. The second kappa shape index (κ2) is 3.22. The van der Waals surface area contributed by atoms with E-state index in [0.29, 0.717) is 0 Å². The highest BCUT2D eigenvalue weighted by molar-refractivity contribution is 9.13. The van der Waals surface area contributed by atoms with Crippen LogP contribution in [0.1, 0.15) is 19.4 Å². The molecule has 0 saturated carbocycles. The Kier molecular flexibility index (Phi) is 2.33. The Morgan fingerprint density at radius 2 is 1.92 bits per heavy atom. The first-order valence-corrected chi connectivity index (χ1v) is 6.14. The van der Waals surface area contributed by atoms with Crippen LogP contribution in [0.3, 0.4) is 0 Å². The molecular formula is C11H12BrP. The molecule has 0 saturated heterocycles. The van der Waals surface area contributed by atoms with Gasteiger partial charge in [-0.2, -0.15) is 0 Å². The van der Waals surface area contributed by atoms with Crippen LogP contribution in [-0.2, 0) is 5.41 Å². The predicted octanol–water partition coefficient (Wildman–Crippen LogP) is 3.52. The Morgan fingerprint density at radius 3 is 2.69 bits per heavy atom. The van der Waals surface area contributed by atoms with Crippen LogP contribution in [0.4, 0.5) is 0 Å². The molecule has 0 N–H and O–H groups in total. The van der Waals surface area contributed by atoms with E-state index in [9.17, 15) is 0 Å². The van der Waals surface area contributed by atoms with Gasteiger partial charge in [0.2, 0.25) is 0 Å². The Bertz CT molecular complexity index is 366. The molecule has 0 radical (unpaired) electrons. The van der Waals surface area contributed by atoms with Crippen molar-refractivity contribution in [3.05, 3.63) is 40.1 Å². The van der Waals surface area contributed by atoms with Gasteiger partial charge in [0, 0.05) is 9.64 Å². The fraction of sp³-hybridized carbons (Fsp3) is 0.273. The molecule has 1 aliphatic rings. The number of rotatable bonds is 0. The van der Waals surface area contributed by atoms with E-state index in [1.54, 1.807) is 0 Å². The molecule has 1 aromatic rings. The van der Waals surface area contributed by atoms with E-state index in [-0.39, 0.29) is 5.41 Å². The van der Waals surface area contributed by atoms with Crippen molar-refractivity contribution in [3.8, 4) is 0 Å². The number of benzene rings is 1. The number of fused-ring (bicyclic) bond motifs is 1. The Hall–Kier alpha value is -0.130. The molecule has 0 fully saturated rings. The van der Waals surface area contributed by atoms with E-state index in [0.717, 1.165) is 8.58 Å². The summed E-state index contributed by atoms with van der Waals surface area (Å²) >= 11 is 3.61. The minimum Gasteiger partial charge on any atom is -0.0619 e. The average Bonchev–Trinajstić information content (AvgIpc) is 2.02. The van der Waals surface area contributed by atoms with Crippen molar-refractivity contribution >= 4 is 29.8 Å². The number of halogens is 1. The van der Waals surface area contributed by atoms with Crippen molar-refractivity contribution < 1.29 is 0 Å². The summed E-state index contributed by atoms with van der Waals surface area (Å²) in [6.07, 6.45) is 2.31. The molecule has 1 unspecified atom stereocenters. The van der Waals surface area contributed by atoms with E-state index in [1.165, 1.54) is 15.1 Å². The Morgan fingerprint density at radius 1 is 1.23 bits per heavy atom. The quantitative estimate of drug-likeness (QED) is 0.622. The molecular weight excluding hydrogens is 243 g/mol. The molecule has 13 heavy (non-hydrogen) atoms. The van der Waals surface area contributed by atoms with Crippen molar-refractivity contribution in [2.24, 2.45) is 0 Å². The molecule has 1 aliphatic heterocycles. The Labute approximate surface area is 89.3 Å². The maximum absolute atomic E-state index is 3.61. The van der Waals surface area contributed by atoms with Crippen molar-refractivity contribution in [1.29, 1.82) is 0 Å². The van der Waals surface area contributed by atoms with E-state index in [1.807, 2.05) is 0 Å². The largest absolute Gasteiger partial charge is 0.0619 e. The summed E-state index contributed by atoms with van der Waals surface area (Å²) in [7, 11) is 0.791. The highest BCUT2D eigenvalue weighted by Crippen LogP contribution is 2.41. The van der Waals surface area contributed by atoms with Crippen LogP contribution in [0.15, 0.2) is 34.6 Å². The summed E-state index contributed by atoms with van der Waals surface area (Å²) in [5.41, 5.74) is 1.65. The monoisotopic (exact) mass is 254 g/mol. The molecule has 0 spiro atoms. The van der Waals surface area contributed by atoms with Gasteiger partial charge in [0.1, 0.15) is 0 Å². The molecule has 0 nitrogen and oxygen atoms in total. The molecule has 1 heterocycles. The van der Waals surface area contributed by atoms with Crippen LogP contribution in [0, 0.1) is 0 Å². The lowest BCUT2D eigenvalue weighted by atomic mass is 9.85. The summed E-state index contributed by atoms with van der Waals surface area (Å²) in [5.74, 6) is 0. The molecule has 0 aromatic heterocycles. The Balaban J connectivity index is 2.58. The SMILES string of the molecule is CC1(C)C=C(Br)Pc2ccccc21. The highest BCUT2D eigenvalue weighted by atomic mass is 79.9. The first-order chi connectivity index (χ1) is 6.09. The van der Waals surface area contributed by atoms with Crippen LogP contribution in [0.5, 0.6) is 0 Å². The van der Waals surface area contributed by atoms with E-state index >= 15 is 0 Å². The lowest BCUT2D eigenvalue weighted by Gasteiger charge is -2.29. The van der Waals surface area contributed by atoms with E-state index in [2.05, 4.69) is 60.1 Å². The summed E-state index contributed by atoms with van der Waals surface area (Å²) in [4.78, 5) is 0. The van der Waals surface area contributed by atoms with Gasteiger partial charge in [-0.05, 0) is 10.9 Å². The van der Waals surface area contributed by atoms with Crippen LogP contribution < -0.4 is 5.30 Å². The zero-order chi connectivity index (χ0) is 9.47. The number of hydrogen-bond donors (Lipinski definition) is 0. The summed E-state index contributed by atoms with van der Waals surface area (Å²) in [6, 6.07) is 8.70. The molecule has 1 aromatic carbocycles. The third-order valence-electron chi connectivity index (χ3n) is 2.36. The minimum atomic E-state index is 0.181. The van der Waals surface area contributed by atoms with Gasteiger partial charge in [0.05, 0.1) is 0 Å². The van der Waals surface area contributed by atoms with Gasteiger partial charge in [0.25, 0.3) is 0 Å². The van der Waals surface area contributed by atoms with Crippen molar-refractivity contribution in [3.63, 3.8) is 0 Å². The molecule has 0 aliphatic carbocycles. The molecule has 1 atom stereocenters. The van der Waals surface area contributed by atoms with Gasteiger partial charge in [0.15, 0.2) is 0 Å². The second-order valence-corrected chi connectivity index (χ2v) is 6.80. The number of allylic oxidation sites excluding steroid dienone is 1. The smallest absolute Gasteiger partial charge is 0.0169 e. The maximum atomic E-state index is 3.61. The topological polar surface area (TPSA) is 0 Å². The maximum Gasteiger partial charge on any atom is 0.0169 e. The first kappa shape index (κ1) is 9.43. The van der Waals surface area contributed by atoms with Gasteiger partial charge in [-0.1, -0.05) is 68.7 Å². The van der Waals surface area contributed by atoms with Crippen molar-refractivity contribution in [2.75, 3.05) is 0 Å². The van der Waals surface area contributed by atoms with Crippen LogP contribution in [-0.4, -0.2) is 0 Å². The molecule has 0 amide bonds. The molecule has 0 bridgehead atoms. The van der Waals surface area contributed by atoms with Gasteiger partial charge in [-0.15, -0.1) is 0 Å². The van der Waals surface area contributed by atoms with Gasteiger partial charge < -0.3 is 0 Å². The lowest BCUT2D eigenvalue weighted by molar-refractivity contribution is 0.673. The minimum absolute atomic E-state index is 0.181. The van der Waals surface area contributed by atoms with Crippen LogP contribution in [0.25, 0.3) is 0 Å². The summed E-state index contributed by atoms with van der Waals surface area (Å²) in [5, 5.41) is 1.47. The molecule has 68 valence electrons. The van der Waals surface area contributed by atoms with Crippen LogP contribution in [0.2, 0.25) is 0 Å². The normalized spacial score (nSPS) is 21.0. The predicted molar refractivity (Wildman–Crippen MR) is 64.4 cm³/mol. The number of hydrogen-bond acceptors (Lipinski definition) is 0. The van der Waals surface area contributed by atoms with E-state index < -0.39 is 0 Å². The van der Waals surface area contributed by atoms with Crippen molar-refractivity contribution in [2.45, 2.75) is 19.3 Å². The molecule has 2 heteroatoms. The molecule has 2 rings (SSSR count). The van der Waals surface area contributed by atoms with Gasteiger partial charge in [-0.25, -0.2) is 0 Å². The fourth-order valence-electron chi connectivity index (χ4n) is 1.71. The zero-order valence-corrected chi connectivity index (χ0v) is 10.4. The van der Waals surface area contributed by atoms with Crippen molar-refractivity contribution in [1.82, 2.24) is 0 Å².